The second-order valence-electron chi connectivity index (χ2n) is 4.62. The number of hydrogen-bond donors (Lipinski definition) is 2. The smallest absolute Gasteiger partial charge is 0.137 e. The van der Waals surface area contributed by atoms with Gasteiger partial charge in [-0.3, -0.25) is 0 Å². The van der Waals surface area contributed by atoms with Crippen molar-refractivity contribution in [2.45, 2.75) is 13.1 Å². The minimum Gasteiger partial charge on any atom is -0.508 e. The average molecular weight is 288 g/mol. The molecule has 0 spiro atoms. The highest BCUT2D eigenvalue weighted by Crippen LogP contribution is 2.12. The van der Waals surface area contributed by atoms with Crippen LogP contribution in [0.4, 0.5) is 0 Å². The van der Waals surface area contributed by atoms with E-state index in [0.29, 0.717) is 11.6 Å². The van der Waals surface area contributed by atoms with Crippen LogP contribution in [0.5, 0.6) is 5.75 Å². The first kappa shape index (κ1) is 13.0. The van der Waals surface area contributed by atoms with Crippen LogP contribution in [0.3, 0.4) is 0 Å². The monoisotopic (exact) mass is 287 g/mol. The van der Waals surface area contributed by atoms with Gasteiger partial charge in [0.05, 0.1) is 10.7 Å². The summed E-state index contributed by atoms with van der Waals surface area (Å²) in [5, 5.41) is 13.2. The zero-order valence-electron chi connectivity index (χ0n) is 10.8. The Balaban J connectivity index is 1.63. The van der Waals surface area contributed by atoms with Crippen molar-refractivity contribution in [3.8, 4) is 5.75 Å². The summed E-state index contributed by atoms with van der Waals surface area (Å²) >= 11 is 5.94. The molecular formula is C15H14ClN3O. The van der Waals surface area contributed by atoms with Gasteiger partial charge in [-0.05, 0) is 29.8 Å². The molecule has 0 radical (unpaired) electrons. The van der Waals surface area contributed by atoms with Gasteiger partial charge in [-0.15, -0.1) is 0 Å². The number of pyridine rings is 1. The van der Waals surface area contributed by atoms with Crippen molar-refractivity contribution in [3.63, 3.8) is 0 Å². The number of halogens is 1. The Morgan fingerprint density at radius 1 is 1.05 bits per heavy atom. The summed E-state index contributed by atoms with van der Waals surface area (Å²) in [5.74, 6) is 0.283. The van der Waals surface area contributed by atoms with Gasteiger partial charge in [-0.2, -0.15) is 0 Å². The predicted molar refractivity (Wildman–Crippen MR) is 78.9 cm³/mol. The second-order valence-corrected chi connectivity index (χ2v) is 5.05. The molecule has 5 heteroatoms. The average Bonchev–Trinajstić information content (AvgIpc) is 2.83. The maximum Gasteiger partial charge on any atom is 0.137 e. The zero-order valence-corrected chi connectivity index (χ0v) is 11.5. The fourth-order valence-electron chi connectivity index (χ4n) is 2.05. The molecule has 4 nitrogen and oxygen atoms in total. The van der Waals surface area contributed by atoms with Gasteiger partial charge in [-0.1, -0.05) is 23.7 Å². The minimum absolute atomic E-state index is 0.283. The summed E-state index contributed by atoms with van der Waals surface area (Å²) in [6.45, 7) is 1.41. The Kier molecular flexibility index (Phi) is 3.58. The topological polar surface area (TPSA) is 49.6 Å². The number of nitrogens with zero attached hydrogens (tertiary/aromatic N) is 2. The van der Waals surface area contributed by atoms with Crippen LogP contribution in [0, 0.1) is 0 Å². The standard InChI is InChI=1S/C15H14ClN3O/c16-12-3-6-15-18-13(10-19(15)9-12)8-17-7-11-1-4-14(20)5-2-11/h1-6,9-10,17,20H,7-8H2. The van der Waals surface area contributed by atoms with E-state index < -0.39 is 0 Å². The highest BCUT2D eigenvalue weighted by Gasteiger charge is 2.02. The first-order valence-corrected chi connectivity index (χ1v) is 6.70. The Morgan fingerprint density at radius 2 is 1.85 bits per heavy atom. The number of aromatic nitrogens is 2. The van der Waals surface area contributed by atoms with E-state index in [1.165, 1.54) is 0 Å². The Labute approximate surface area is 121 Å². The number of aromatic hydroxyl groups is 1. The van der Waals surface area contributed by atoms with E-state index in [1.807, 2.05) is 41.1 Å². The van der Waals surface area contributed by atoms with Gasteiger partial charge in [0.1, 0.15) is 11.4 Å². The number of phenols is 1. The van der Waals surface area contributed by atoms with Crippen LogP contribution in [0.15, 0.2) is 48.8 Å². The van der Waals surface area contributed by atoms with Crippen LogP contribution >= 0.6 is 11.6 Å². The van der Waals surface area contributed by atoms with Crippen molar-refractivity contribution in [2.24, 2.45) is 0 Å². The largest absolute Gasteiger partial charge is 0.508 e. The summed E-state index contributed by atoms with van der Waals surface area (Å²) in [4.78, 5) is 4.50. The highest BCUT2D eigenvalue weighted by molar-refractivity contribution is 6.30. The fourth-order valence-corrected chi connectivity index (χ4v) is 2.22. The summed E-state index contributed by atoms with van der Waals surface area (Å²) in [7, 11) is 0. The molecule has 0 aliphatic heterocycles. The van der Waals surface area contributed by atoms with Gasteiger partial charge in [0.2, 0.25) is 0 Å². The van der Waals surface area contributed by atoms with Crippen molar-refractivity contribution in [2.75, 3.05) is 0 Å². The lowest BCUT2D eigenvalue weighted by atomic mass is 10.2. The summed E-state index contributed by atoms with van der Waals surface area (Å²) in [6, 6.07) is 10.9. The Hall–Kier alpha value is -2.04. The van der Waals surface area contributed by atoms with Crippen molar-refractivity contribution < 1.29 is 5.11 Å². The van der Waals surface area contributed by atoms with Gasteiger partial charge in [-0.25, -0.2) is 4.98 Å². The van der Waals surface area contributed by atoms with Crippen molar-refractivity contribution in [1.82, 2.24) is 14.7 Å². The number of rotatable bonds is 4. The fraction of sp³-hybridized carbons (Fsp3) is 0.133. The molecule has 0 amide bonds. The molecule has 0 aliphatic carbocycles. The Morgan fingerprint density at radius 3 is 2.65 bits per heavy atom. The van der Waals surface area contributed by atoms with E-state index in [4.69, 9.17) is 11.6 Å². The minimum atomic E-state index is 0.283. The van der Waals surface area contributed by atoms with Crippen molar-refractivity contribution in [3.05, 3.63) is 65.1 Å². The number of imidazole rings is 1. The maximum atomic E-state index is 9.22. The van der Waals surface area contributed by atoms with Crippen LogP contribution in [-0.2, 0) is 13.1 Å². The number of phenolic OH excluding ortho intramolecular Hbond substituents is 1. The van der Waals surface area contributed by atoms with Gasteiger partial charge < -0.3 is 14.8 Å². The van der Waals surface area contributed by atoms with E-state index in [2.05, 4.69) is 10.3 Å². The van der Waals surface area contributed by atoms with Gasteiger partial charge in [0.15, 0.2) is 0 Å². The molecule has 0 atom stereocenters. The molecule has 3 aromatic rings. The SMILES string of the molecule is Oc1ccc(CNCc2cn3cc(Cl)ccc3n2)cc1. The predicted octanol–water partition coefficient (Wildman–Crippen LogP) is 2.98. The summed E-state index contributed by atoms with van der Waals surface area (Å²) < 4.78 is 1.92. The van der Waals surface area contributed by atoms with Gasteiger partial charge in [0.25, 0.3) is 0 Å². The maximum absolute atomic E-state index is 9.22. The molecule has 0 saturated carbocycles. The molecule has 20 heavy (non-hydrogen) atoms. The molecule has 1 aromatic carbocycles. The zero-order chi connectivity index (χ0) is 13.9. The Bertz CT molecular complexity index is 722. The van der Waals surface area contributed by atoms with Crippen molar-refractivity contribution >= 4 is 17.2 Å². The quantitative estimate of drug-likeness (QED) is 0.775. The van der Waals surface area contributed by atoms with Crippen LogP contribution in [0.2, 0.25) is 5.02 Å². The molecule has 0 unspecified atom stereocenters. The number of nitrogens with one attached hydrogen (secondary N) is 1. The number of hydrogen-bond acceptors (Lipinski definition) is 3. The molecule has 102 valence electrons. The first-order chi connectivity index (χ1) is 9.70. The molecular weight excluding hydrogens is 274 g/mol. The second kappa shape index (κ2) is 5.53. The first-order valence-electron chi connectivity index (χ1n) is 6.32. The molecule has 3 rings (SSSR count). The third-order valence-corrected chi connectivity index (χ3v) is 3.26. The van der Waals surface area contributed by atoms with Crippen LogP contribution in [0.1, 0.15) is 11.3 Å². The highest BCUT2D eigenvalue weighted by atomic mass is 35.5. The normalized spacial score (nSPS) is 11.1. The van der Waals surface area contributed by atoms with E-state index in [0.717, 1.165) is 23.4 Å². The summed E-state index contributed by atoms with van der Waals surface area (Å²) in [6.07, 6.45) is 3.80. The van der Waals surface area contributed by atoms with Gasteiger partial charge >= 0.3 is 0 Å². The van der Waals surface area contributed by atoms with Crippen molar-refractivity contribution in [1.29, 1.82) is 0 Å². The van der Waals surface area contributed by atoms with E-state index in [9.17, 15) is 5.11 Å². The van der Waals surface area contributed by atoms with E-state index >= 15 is 0 Å². The number of fused-ring (bicyclic) bond motifs is 1. The molecule has 0 aliphatic rings. The van der Waals surface area contributed by atoms with E-state index in [1.54, 1.807) is 12.1 Å². The molecule has 2 heterocycles. The van der Waals surface area contributed by atoms with E-state index in [-0.39, 0.29) is 5.75 Å². The molecule has 0 saturated heterocycles. The number of benzene rings is 1. The molecule has 0 bridgehead atoms. The van der Waals surface area contributed by atoms with Crippen LogP contribution < -0.4 is 5.32 Å². The third-order valence-electron chi connectivity index (χ3n) is 3.04. The third kappa shape index (κ3) is 2.92. The van der Waals surface area contributed by atoms with Crippen LogP contribution in [0.25, 0.3) is 5.65 Å². The molecule has 2 N–H and O–H groups in total. The van der Waals surface area contributed by atoms with Crippen LogP contribution in [-0.4, -0.2) is 14.5 Å². The van der Waals surface area contributed by atoms with Gasteiger partial charge in [0, 0.05) is 25.5 Å². The lowest BCUT2D eigenvalue weighted by Gasteiger charge is -2.02. The lowest BCUT2D eigenvalue weighted by molar-refractivity contribution is 0.475. The lowest BCUT2D eigenvalue weighted by Crippen LogP contribution is -2.12. The molecule has 0 fully saturated rings. The molecule has 2 aromatic heterocycles. The summed E-state index contributed by atoms with van der Waals surface area (Å²) in [5.41, 5.74) is 2.97.